The Bertz CT molecular complexity index is 740. The molecule has 0 aliphatic heterocycles. The van der Waals surface area contributed by atoms with Gasteiger partial charge in [-0.3, -0.25) is 4.99 Å². The molecule has 0 unspecified atom stereocenters. The molecule has 29 heavy (non-hydrogen) atoms. The molecular formula is C21H32ClIN6. The van der Waals surface area contributed by atoms with E-state index in [0.29, 0.717) is 6.04 Å². The van der Waals surface area contributed by atoms with Crippen molar-refractivity contribution in [2.75, 3.05) is 13.1 Å². The normalized spacial score (nSPS) is 15.0. The van der Waals surface area contributed by atoms with Gasteiger partial charge in [-0.2, -0.15) is 0 Å². The summed E-state index contributed by atoms with van der Waals surface area (Å²) in [6, 6.07) is 8.53. The highest BCUT2D eigenvalue weighted by Crippen LogP contribution is 2.17. The van der Waals surface area contributed by atoms with Crippen LogP contribution in [0.3, 0.4) is 0 Å². The van der Waals surface area contributed by atoms with Crippen LogP contribution in [-0.2, 0) is 19.4 Å². The van der Waals surface area contributed by atoms with Gasteiger partial charge in [-0.15, -0.1) is 34.2 Å². The van der Waals surface area contributed by atoms with Crippen molar-refractivity contribution in [3.05, 3.63) is 47.0 Å². The molecule has 0 atom stereocenters. The SMILES string of the molecule is CCc1nncn1CCNC(=NCCc1ccc(Cl)cc1)NC1CCCCC1.I. The van der Waals surface area contributed by atoms with E-state index >= 15 is 0 Å². The van der Waals surface area contributed by atoms with Crippen molar-refractivity contribution in [1.29, 1.82) is 0 Å². The van der Waals surface area contributed by atoms with Gasteiger partial charge >= 0.3 is 0 Å². The first-order chi connectivity index (χ1) is 13.7. The number of benzene rings is 1. The Morgan fingerprint density at radius 1 is 1.21 bits per heavy atom. The highest BCUT2D eigenvalue weighted by molar-refractivity contribution is 14.0. The third-order valence-corrected chi connectivity index (χ3v) is 5.44. The molecular weight excluding hydrogens is 499 g/mol. The smallest absolute Gasteiger partial charge is 0.191 e. The zero-order chi connectivity index (χ0) is 19.6. The van der Waals surface area contributed by atoms with E-state index in [4.69, 9.17) is 16.6 Å². The zero-order valence-corrected chi connectivity index (χ0v) is 20.2. The van der Waals surface area contributed by atoms with Gasteiger partial charge < -0.3 is 15.2 Å². The summed E-state index contributed by atoms with van der Waals surface area (Å²) >= 11 is 5.97. The van der Waals surface area contributed by atoms with Gasteiger partial charge in [-0.05, 0) is 37.0 Å². The summed E-state index contributed by atoms with van der Waals surface area (Å²) in [4.78, 5) is 4.82. The lowest BCUT2D eigenvalue weighted by molar-refractivity contribution is 0.409. The minimum atomic E-state index is 0. The predicted octanol–water partition coefficient (Wildman–Crippen LogP) is 4.22. The molecule has 1 saturated carbocycles. The van der Waals surface area contributed by atoms with Gasteiger partial charge in [0.25, 0.3) is 0 Å². The first kappa shape index (κ1) is 23.9. The van der Waals surface area contributed by atoms with Crippen LogP contribution in [0.15, 0.2) is 35.6 Å². The number of guanidine groups is 1. The number of aryl methyl sites for hydroxylation is 1. The maximum atomic E-state index is 5.97. The largest absolute Gasteiger partial charge is 0.355 e. The Balaban J connectivity index is 0.00000300. The number of nitrogens with one attached hydrogen (secondary N) is 2. The molecule has 1 aliphatic carbocycles. The minimum absolute atomic E-state index is 0. The first-order valence-corrected chi connectivity index (χ1v) is 10.8. The summed E-state index contributed by atoms with van der Waals surface area (Å²) in [6.07, 6.45) is 10.00. The number of hydrogen-bond acceptors (Lipinski definition) is 3. The number of halogens is 2. The van der Waals surface area contributed by atoms with Crippen LogP contribution in [0, 0.1) is 0 Å². The van der Waals surface area contributed by atoms with Crippen molar-refractivity contribution in [2.24, 2.45) is 4.99 Å². The van der Waals surface area contributed by atoms with Crippen LogP contribution >= 0.6 is 35.6 Å². The number of aliphatic imine (C=N–C) groups is 1. The standard InChI is InChI=1S/C21H31ClN6.HI/c1-2-20-27-25-16-28(20)15-14-24-21(26-19-6-4-3-5-7-19)23-13-12-17-8-10-18(22)11-9-17;/h8-11,16,19H,2-7,12-15H2,1H3,(H2,23,24,26);1H. The predicted molar refractivity (Wildman–Crippen MR) is 130 cm³/mol. The highest BCUT2D eigenvalue weighted by atomic mass is 127. The van der Waals surface area contributed by atoms with E-state index in [2.05, 4.69) is 44.5 Å². The maximum Gasteiger partial charge on any atom is 0.191 e. The van der Waals surface area contributed by atoms with Crippen LogP contribution in [0.1, 0.15) is 50.4 Å². The molecule has 6 nitrogen and oxygen atoms in total. The number of hydrogen-bond donors (Lipinski definition) is 2. The fourth-order valence-electron chi connectivity index (χ4n) is 3.57. The summed E-state index contributed by atoms with van der Waals surface area (Å²) in [5, 5.41) is 16.1. The van der Waals surface area contributed by atoms with Crippen molar-refractivity contribution < 1.29 is 0 Å². The fourth-order valence-corrected chi connectivity index (χ4v) is 3.70. The second-order valence-electron chi connectivity index (χ2n) is 7.31. The van der Waals surface area contributed by atoms with Crippen LogP contribution in [0.4, 0.5) is 0 Å². The Morgan fingerprint density at radius 3 is 2.69 bits per heavy atom. The van der Waals surface area contributed by atoms with Gasteiger partial charge in [0.1, 0.15) is 12.2 Å². The number of aromatic nitrogens is 3. The summed E-state index contributed by atoms with van der Waals surface area (Å²) < 4.78 is 2.10. The molecule has 0 spiro atoms. The monoisotopic (exact) mass is 530 g/mol. The number of rotatable bonds is 8. The fraction of sp³-hybridized carbons (Fsp3) is 0.571. The van der Waals surface area contributed by atoms with Gasteiger partial charge in [0.15, 0.2) is 5.96 Å². The van der Waals surface area contributed by atoms with Gasteiger partial charge in [-0.1, -0.05) is 49.9 Å². The summed E-state index contributed by atoms with van der Waals surface area (Å²) in [5.74, 6) is 1.93. The molecule has 0 radical (unpaired) electrons. The minimum Gasteiger partial charge on any atom is -0.355 e. The van der Waals surface area contributed by atoms with Crippen LogP contribution in [0.25, 0.3) is 0 Å². The molecule has 0 bridgehead atoms. The third-order valence-electron chi connectivity index (χ3n) is 5.19. The second-order valence-corrected chi connectivity index (χ2v) is 7.74. The Labute approximate surface area is 195 Å². The quantitative estimate of drug-likeness (QED) is 0.305. The molecule has 1 fully saturated rings. The molecule has 2 aromatic rings. The lowest BCUT2D eigenvalue weighted by atomic mass is 9.96. The molecule has 160 valence electrons. The van der Waals surface area contributed by atoms with Crippen LogP contribution in [0.2, 0.25) is 5.02 Å². The summed E-state index contributed by atoms with van der Waals surface area (Å²) in [5.41, 5.74) is 1.25. The molecule has 0 saturated heterocycles. The molecule has 8 heteroatoms. The van der Waals surface area contributed by atoms with E-state index in [1.54, 1.807) is 6.33 Å². The van der Waals surface area contributed by atoms with Crippen molar-refractivity contribution in [3.63, 3.8) is 0 Å². The van der Waals surface area contributed by atoms with E-state index in [1.165, 1.54) is 37.7 Å². The molecule has 2 N–H and O–H groups in total. The second kappa shape index (κ2) is 13.1. The summed E-state index contributed by atoms with van der Waals surface area (Å²) in [6.45, 7) is 4.47. The van der Waals surface area contributed by atoms with E-state index in [0.717, 1.165) is 49.3 Å². The van der Waals surface area contributed by atoms with E-state index in [-0.39, 0.29) is 24.0 Å². The molecule has 1 heterocycles. The molecule has 0 amide bonds. The van der Waals surface area contributed by atoms with Gasteiger partial charge in [0.05, 0.1) is 0 Å². The van der Waals surface area contributed by atoms with E-state index in [9.17, 15) is 0 Å². The molecule has 3 rings (SSSR count). The summed E-state index contributed by atoms with van der Waals surface area (Å²) in [7, 11) is 0. The van der Waals surface area contributed by atoms with Crippen LogP contribution < -0.4 is 10.6 Å². The Hall–Kier alpha value is -1.35. The van der Waals surface area contributed by atoms with Crippen molar-refractivity contribution >= 4 is 41.5 Å². The molecule has 1 aliphatic rings. The lowest BCUT2D eigenvalue weighted by Crippen LogP contribution is -2.45. The molecule has 1 aromatic heterocycles. The van der Waals surface area contributed by atoms with Gasteiger partial charge in [0.2, 0.25) is 0 Å². The van der Waals surface area contributed by atoms with Crippen molar-refractivity contribution in [3.8, 4) is 0 Å². The Kier molecular flexibility index (Phi) is 10.8. The van der Waals surface area contributed by atoms with Crippen molar-refractivity contribution in [1.82, 2.24) is 25.4 Å². The maximum absolute atomic E-state index is 5.97. The van der Waals surface area contributed by atoms with Gasteiger partial charge in [-0.25, -0.2) is 0 Å². The van der Waals surface area contributed by atoms with E-state index < -0.39 is 0 Å². The molecule has 1 aromatic carbocycles. The average molecular weight is 531 g/mol. The van der Waals surface area contributed by atoms with Crippen LogP contribution in [0.5, 0.6) is 0 Å². The zero-order valence-electron chi connectivity index (χ0n) is 17.1. The lowest BCUT2D eigenvalue weighted by Gasteiger charge is -2.25. The van der Waals surface area contributed by atoms with Crippen LogP contribution in [-0.4, -0.2) is 39.9 Å². The van der Waals surface area contributed by atoms with E-state index in [1.807, 2.05) is 12.1 Å². The topological polar surface area (TPSA) is 67.1 Å². The van der Waals surface area contributed by atoms with Crippen molar-refractivity contribution in [2.45, 2.75) is 64.5 Å². The number of nitrogens with zero attached hydrogens (tertiary/aromatic N) is 4. The van der Waals surface area contributed by atoms with Gasteiger partial charge in [0, 0.05) is 37.1 Å². The third kappa shape index (κ3) is 8.12. The highest BCUT2D eigenvalue weighted by Gasteiger charge is 2.14. The average Bonchev–Trinajstić information content (AvgIpc) is 3.17. The first-order valence-electron chi connectivity index (χ1n) is 10.4. The Morgan fingerprint density at radius 2 is 1.97 bits per heavy atom.